The molecule has 0 aliphatic heterocycles. The lowest BCUT2D eigenvalue weighted by Gasteiger charge is -2.21. The molecule has 0 aromatic heterocycles. The van der Waals surface area contributed by atoms with Crippen LogP contribution in [0.15, 0.2) is 12.1 Å². The number of hydrogen-bond donors (Lipinski definition) is 0. The largest absolute Gasteiger partial charge is 0.299 e. The Bertz CT molecular complexity index is 439. The molecule has 1 heteroatoms. The molecular formula is C17H24O. The molecule has 1 nitrogen and oxygen atoms in total. The van der Waals surface area contributed by atoms with Gasteiger partial charge in [-0.15, -0.1) is 0 Å². The standard InChI is InChI=1S/C17H24O/c1-12-9-10-16(14(3)13(12)2)11-17(18)15-7-5-4-6-8-15/h9-10,15H,4-8,11H2,1-3H3. The van der Waals surface area contributed by atoms with Crippen molar-refractivity contribution in [3.05, 3.63) is 34.4 Å². The molecule has 2 rings (SSSR count). The summed E-state index contributed by atoms with van der Waals surface area (Å²) >= 11 is 0. The Hall–Kier alpha value is -1.11. The van der Waals surface area contributed by atoms with Crippen LogP contribution in [0.5, 0.6) is 0 Å². The van der Waals surface area contributed by atoms with Crippen LogP contribution in [0.25, 0.3) is 0 Å². The molecule has 0 heterocycles. The van der Waals surface area contributed by atoms with Gasteiger partial charge in [0.05, 0.1) is 0 Å². The highest BCUT2D eigenvalue weighted by molar-refractivity contribution is 5.83. The van der Waals surface area contributed by atoms with Crippen molar-refractivity contribution < 1.29 is 4.79 Å². The van der Waals surface area contributed by atoms with Gasteiger partial charge in [-0.05, 0) is 55.9 Å². The summed E-state index contributed by atoms with van der Waals surface area (Å²) in [5.74, 6) is 0.792. The lowest BCUT2D eigenvalue weighted by molar-refractivity contribution is -0.123. The Morgan fingerprint density at radius 1 is 1.06 bits per heavy atom. The maximum atomic E-state index is 12.3. The summed E-state index contributed by atoms with van der Waals surface area (Å²) in [6.45, 7) is 6.43. The fourth-order valence-electron chi connectivity index (χ4n) is 2.96. The molecule has 1 aliphatic rings. The molecule has 0 N–H and O–H groups in total. The summed E-state index contributed by atoms with van der Waals surface area (Å²) in [4.78, 5) is 12.3. The van der Waals surface area contributed by atoms with Crippen LogP contribution < -0.4 is 0 Å². The molecule has 1 aromatic carbocycles. The highest BCUT2D eigenvalue weighted by atomic mass is 16.1. The number of carbonyl (C=O) groups excluding carboxylic acids is 1. The number of aryl methyl sites for hydroxylation is 1. The highest BCUT2D eigenvalue weighted by Crippen LogP contribution is 2.26. The molecule has 0 amide bonds. The van der Waals surface area contributed by atoms with Crippen LogP contribution in [0.4, 0.5) is 0 Å². The van der Waals surface area contributed by atoms with E-state index in [1.54, 1.807) is 0 Å². The van der Waals surface area contributed by atoms with Gasteiger partial charge < -0.3 is 0 Å². The number of Topliss-reactive ketones (excluding diaryl/α,β-unsaturated/α-hetero) is 1. The topological polar surface area (TPSA) is 17.1 Å². The minimum absolute atomic E-state index is 0.333. The average molecular weight is 244 g/mol. The zero-order valence-corrected chi connectivity index (χ0v) is 11.9. The third kappa shape index (κ3) is 2.82. The molecule has 1 aromatic rings. The lowest BCUT2D eigenvalue weighted by Crippen LogP contribution is -2.20. The quantitative estimate of drug-likeness (QED) is 0.774. The molecule has 0 unspecified atom stereocenters. The molecule has 0 bridgehead atoms. The molecule has 0 spiro atoms. The van der Waals surface area contributed by atoms with Crippen LogP contribution >= 0.6 is 0 Å². The Morgan fingerprint density at radius 3 is 2.39 bits per heavy atom. The van der Waals surface area contributed by atoms with Crippen molar-refractivity contribution >= 4 is 5.78 Å². The van der Waals surface area contributed by atoms with Gasteiger partial charge in [-0.1, -0.05) is 31.4 Å². The van der Waals surface area contributed by atoms with E-state index in [-0.39, 0.29) is 0 Å². The van der Waals surface area contributed by atoms with E-state index in [4.69, 9.17) is 0 Å². The van der Waals surface area contributed by atoms with Gasteiger partial charge in [0, 0.05) is 12.3 Å². The van der Waals surface area contributed by atoms with Gasteiger partial charge >= 0.3 is 0 Å². The van der Waals surface area contributed by atoms with Gasteiger partial charge in [0.1, 0.15) is 5.78 Å². The molecule has 0 radical (unpaired) electrons. The fourth-order valence-corrected chi connectivity index (χ4v) is 2.96. The van der Waals surface area contributed by atoms with E-state index < -0.39 is 0 Å². The van der Waals surface area contributed by atoms with Crippen LogP contribution in [0.2, 0.25) is 0 Å². The highest BCUT2D eigenvalue weighted by Gasteiger charge is 2.21. The smallest absolute Gasteiger partial charge is 0.140 e. The molecule has 1 fully saturated rings. The second-order valence-corrected chi connectivity index (χ2v) is 5.77. The predicted octanol–water partition coefficient (Wildman–Crippen LogP) is 4.30. The molecule has 98 valence electrons. The fraction of sp³-hybridized carbons (Fsp3) is 0.588. The second-order valence-electron chi connectivity index (χ2n) is 5.77. The van der Waals surface area contributed by atoms with Crippen molar-refractivity contribution in [3.8, 4) is 0 Å². The average Bonchev–Trinajstić information content (AvgIpc) is 2.40. The van der Waals surface area contributed by atoms with Gasteiger partial charge in [0.25, 0.3) is 0 Å². The van der Waals surface area contributed by atoms with E-state index in [9.17, 15) is 4.79 Å². The Morgan fingerprint density at radius 2 is 1.72 bits per heavy atom. The van der Waals surface area contributed by atoms with E-state index in [1.165, 1.54) is 41.5 Å². The van der Waals surface area contributed by atoms with Gasteiger partial charge in [0.2, 0.25) is 0 Å². The molecule has 1 saturated carbocycles. The molecular weight excluding hydrogens is 220 g/mol. The summed E-state index contributed by atoms with van der Waals surface area (Å²) in [6, 6.07) is 4.28. The first-order valence-electron chi connectivity index (χ1n) is 7.18. The first-order valence-corrected chi connectivity index (χ1v) is 7.18. The van der Waals surface area contributed by atoms with Gasteiger partial charge in [-0.3, -0.25) is 4.79 Å². The Kier molecular flexibility index (Phi) is 4.21. The van der Waals surface area contributed by atoms with E-state index in [0.29, 0.717) is 18.1 Å². The first-order chi connectivity index (χ1) is 8.59. The number of carbonyl (C=O) groups is 1. The van der Waals surface area contributed by atoms with Gasteiger partial charge in [0.15, 0.2) is 0 Å². The number of rotatable bonds is 3. The van der Waals surface area contributed by atoms with Crippen LogP contribution in [-0.2, 0) is 11.2 Å². The first kappa shape index (κ1) is 13.3. The minimum Gasteiger partial charge on any atom is -0.299 e. The normalized spacial score (nSPS) is 16.8. The van der Waals surface area contributed by atoms with E-state index in [1.807, 2.05) is 0 Å². The molecule has 1 aliphatic carbocycles. The van der Waals surface area contributed by atoms with Crippen LogP contribution in [0.3, 0.4) is 0 Å². The van der Waals surface area contributed by atoms with Crippen molar-refractivity contribution in [2.45, 2.75) is 59.3 Å². The van der Waals surface area contributed by atoms with Gasteiger partial charge in [-0.2, -0.15) is 0 Å². The minimum atomic E-state index is 0.333. The zero-order valence-electron chi connectivity index (χ0n) is 11.9. The van der Waals surface area contributed by atoms with E-state index in [2.05, 4.69) is 32.9 Å². The number of hydrogen-bond acceptors (Lipinski definition) is 1. The molecule has 18 heavy (non-hydrogen) atoms. The van der Waals surface area contributed by atoms with Crippen molar-refractivity contribution in [3.63, 3.8) is 0 Å². The molecule has 0 saturated heterocycles. The third-order valence-electron chi connectivity index (χ3n) is 4.60. The number of ketones is 1. The van der Waals surface area contributed by atoms with Crippen LogP contribution in [0.1, 0.15) is 54.4 Å². The maximum Gasteiger partial charge on any atom is 0.140 e. The summed E-state index contributed by atoms with van der Waals surface area (Å²) < 4.78 is 0. The van der Waals surface area contributed by atoms with E-state index in [0.717, 1.165) is 12.8 Å². The Balaban J connectivity index is 2.09. The van der Waals surface area contributed by atoms with Crippen molar-refractivity contribution in [2.75, 3.05) is 0 Å². The van der Waals surface area contributed by atoms with Crippen LogP contribution in [0, 0.1) is 26.7 Å². The predicted molar refractivity (Wildman–Crippen MR) is 75.9 cm³/mol. The summed E-state index contributed by atoms with van der Waals surface area (Å²) in [7, 11) is 0. The summed E-state index contributed by atoms with van der Waals surface area (Å²) in [5.41, 5.74) is 5.19. The summed E-state index contributed by atoms with van der Waals surface area (Å²) in [6.07, 6.45) is 6.65. The van der Waals surface area contributed by atoms with Crippen molar-refractivity contribution in [2.24, 2.45) is 5.92 Å². The van der Waals surface area contributed by atoms with Crippen molar-refractivity contribution in [1.82, 2.24) is 0 Å². The summed E-state index contributed by atoms with van der Waals surface area (Å²) in [5, 5.41) is 0. The number of benzene rings is 1. The Labute approximate surface area is 111 Å². The third-order valence-corrected chi connectivity index (χ3v) is 4.60. The van der Waals surface area contributed by atoms with Crippen molar-refractivity contribution in [1.29, 1.82) is 0 Å². The lowest BCUT2D eigenvalue weighted by atomic mass is 9.83. The van der Waals surface area contributed by atoms with E-state index >= 15 is 0 Å². The second kappa shape index (κ2) is 5.69. The zero-order chi connectivity index (χ0) is 13.1. The monoisotopic (exact) mass is 244 g/mol. The maximum absolute atomic E-state index is 12.3. The SMILES string of the molecule is Cc1ccc(CC(=O)C2CCCCC2)c(C)c1C. The molecule has 0 atom stereocenters. The van der Waals surface area contributed by atoms with Gasteiger partial charge in [-0.25, -0.2) is 0 Å². The van der Waals surface area contributed by atoms with Crippen LogP contribution in [-0.4, -0.2) is 5.78 Å².